The molecule has 3 atom stereocenters. The number of aromatic nitrogens is 1. The minimum absolute atomic E-state index is 0.0462. The zero-order valence-electron chi connectivity index (χ0n) is 17.0. The summed E-state index contributed by atoms with van der Waals surface area (Å²) in [5.74, 6) is -1.18. The van der Waals surface area contributed by atoms with Crippen LogP contribution in [-0.2, 0) is 0 Å². The number of phenols is 1. The molecule has 2 aromatic carbocycles. The van der Waals surface area contributed by atoms with Crippen LogP contribution in [0.4, 0.5) is 18.9 Å². The van der Waals surface area contributed by atoms with Gasteiger partial charge in [0.15, 0.2) is 5.60 Å². The largest absolute Gasteiger partial charge is 0.506 e. The minimum Gasteiger partial charge on any atom is -0.506 e. The summed E-state index contributed by atoms with van der Waals surface area (Å²) in [6, 6.07) is 8.89. The highest BCUT2D eigenvalue weighted by molar-refractivity contribution is 5.93. The van der Waals surface area contributed by atoms with Crippen LogP contribution < -0.4 is 10.9 Å². The van der Waals surface area contributed by atoms with E-state index < -0.39 is 35.7 Å². The second-order valence-electron chi connectivity index (χ2n) is 7.96. The number of aromatic hydroxyl groups is 1. The number of hydrogen-bond acceptors (Lipinski definition) is 5. The average Bonchev–Trinajstić information content (AvgIpc) is 2.75. The molecular weight excluding hydrogens is 423 g/mol. The zero-order valence-corrected chi connectivity index (χ0v) is 17.0. The van der Waals surface area contributed by atoms with Crippen molar-refractivity contribution in [3.63, 3.8) is 0 Å². The number of nitriles is 1. The summed E-state index contributed by atoms with van der Waals surface area (Å²) in [5, 5.41) is 34.4. The Morgan fingerprint density at radius 3 is 2.66 bits per heavy atom. The highest BCUT2D eigenvalue weighted by Crippen LogP contribution is 2.55. The first kappa shape index (κ1) is 21.7. The smallest absolute Gasteiger partial charge is 0.419 e. The number of H-pyrrole nitrogens is 1. The van der Waals surface area contributed by atoms with Crippen LogP contribution in [0.2, 0.25) is 0 Å². The van der Waals surface area contributed by atoms with Gasteiger partial charge in [-0.05, 0) is 48.6 Å². The molecule has 9 heteroatoms. The number of hydrogen-bond donors (Lipinski definition) is 4. The second-order valence-corrected chi connectivity index (χ2v) is 7.96. The predicted octanol–water partition coefficient (Wildman–Crippen LogP) is 4.45. The number of aromatic amines is 1. The van der Waals surface area contributed by atoms with E-state index in [1.807, 2.05) is 6.07 Å². The number of phenolic OH excluding ortho intramolecular Hbond substituents is 1. The van der Waals surface area contributed by atoms with E-state index in [1.54, 1.807) is 19.1 Å². The Kier molecular flexibility index (Phi) is 5.13. The number of pyridine rings is 1. The highest BCUT2D eigenvalue weighted by atomic mass is 19.4. The first-order valence-electron chi connectivity index (χ1n) is 10.0. The van der Waals surface area contributed by atoms with Crippen LogP contribution in [-0.4, -0.2) is 27.0 Å². The molecule has 0 saturated carbocycles. The third-order valence-corrected chi connectivity index (χ3v) is 6.22. The minimum atomic E-state index is -4.98. The van der Waals surface area contributed by atoms with E-state index >= 15 is 0 Å². The zero-order chi connectivity index (χ0) is 23.3. The Morgan fingerprint density at radius 1 is 1.25 bits per heavy atom. The van der Waals surface area contributed by atoms with Crippen molar-refractivity contribution in [3.8, 4) is 11.8 Å². The topological polar surface area (TPSA) is 109 Å². The summed E-state index contributed by atoms with van der Waals surface area (Å²) in [5.41, 5.74) is -3.09. The molecule has 4 N–H and O–H groups in total. The third-order valence-electron chi connectivity index (χ3n) is 6.22. The lowest BCUT2D eigenvalue weighted by Crippen LogP contribution is -2.55. The van der Waals surface area contributed by atoms with Crippen molar-refractivity contribution < 1.29 is 23.4 Å². The van der Waals surface area contributed by atoms with Gasteiger partial charge in [0.1, 0.15) is 11.8 Å². The van der Waals surface area contributed by atoms with E-state index in [0.717, 1.165) is 0 Å². The molecule has 0 saturated heterocycles. The molecule has 1 aliphatic rings. The van der Waals surface area contributed by atoms with Gasteiger partial charge in [-0.25, -0.2) is 0 Å². The molecule has 0 amide bonds. The Hall–Kier alpha value is -3.51. The Balaban J connectivity index is 1.96. The van der Waals surface area contributed by atoms with Crippen LogP contribution in [0.5, 0.6) is 5.75 Å². The van der Waals surface area contributed by atoms with Crippen LogP contribution in [0, 0.1) is 11.3 Å². The monoisotopic (exact) mass is 443 g/mol. The molecule has 0 spiro atoms. The summed E-state index contributed by atoms with van der Waals surface area (Å²) in [6.07, 6.45) is -4.06. The van der Waals surface area contributed by atoms with E-state index in [1.165, 1.54) is 30.5 Å². The van der Waals surface area contributed by atoms with Crippen LogP contribution in [0.3, 0.4) is 0 Å². The van der Waals surface area contributed by atoms with Crippen LogP contribution in [0.15, 0.2) is 47.4 Å². The number of benzene rings is 2. The van der Waals surface area contributed by atoms with Crippen molar-refractivity contribution in [1.29, 1.82) is 5.26 Å². The molecular formula is C23H20F3N3O3. The molecule has 0 fully saturated rings. The quantitative estimate of drug-likeness (QED) is 0.478. The molecule has 1 heterocycles. The summed E-state index contributed by atoms with van der Waals surface area (Å²) < 4.78 is 42.7. The Labute approximate surface area is 180 Å². The van der Waals surface area contributed by atoms with Gasteiger partial charge in [-0.15, -0.1) is 0 Å². The molecule has 0 unspecified atom stereocenters. The molecule has 1 aromatic heterocycles. The standard InChI is InChI=1S/C23H20F3N3O3/c1-2-12-10-22(32,23(24,25)26)20(16-7-6-13(11-27)19(30)18(12)16)29-17-5-3-4-15-14(17)8-9-28-21(15)31/h3-9,12,20,29-30,32H,2,10H2,1H3,(H,28,31)/t12-,20+,22-/m1/s1. The summed E-state index contributed by atoms with van der Waals surface area (Å²) >= 11 is 0. The van der Waals surface area contributed by atoms with Gasteiger partial charge in [-0.1, -0.05) is 19.1 Å². The highest BCUT2D eigenvalue weighted by Gasteiger charge is 2.62. The summed E-state index contributed by atoms with van der Waals surface area (Å²) in [4.78, 5) is 14.6. The van der Waals surface area contributed by atoms with E-state index in [-0.39, 0.29) is 39.9 Å². The SMILES string of the molecule is CC[C@@H]1C[C@](O)(C(F)(F)F)[C@@H](Nc2cccc3c(=O)[nH]ccc23)c2ccc(C#N)c(O)c21. The maximum Gasteiger partial charge on any atom is 0.419 e. The third kappa shape index (κ3) is 3.19. The second kappa shape index (κ2) is 7.57. The van der Waals surface area contributed by atoms with Crippen molar-refractivity contribution in [1.82, 2.24) is 4.98 Å². The molecule has 6 nitrogen and oxygen atoms in total. The van der Waals surface area contributed by atoms with Gasteiger partial charge in [-0.3, -0.25) is 4.79 Å². The number of alkyl halides is 3. The van der Waals surface area contributed by atoms with Crippen molar-refractivity contribution in [2.24, 2.45) is 0 Å². The van der Waals surface area contributed by atoms with Gasteiger partial charge in [-0.2, -0.15) is 18.4 Å². The summed E-state index contributed by atoms with van der Waals surface area (Å²) in [6.45, 7) is 1.66. The van der Waals surface area contributed by atoms with E-state index in [9.17, 15) is 33.4 Å². The fraction of sp³-hybridized carbons (Fsp3) is 0.304. The molecule has 166 valence electrons. The molecule has 1 aliphatic carbocycles. The number of anilines is 1. The summed E-state index contributed by atoms with van der Waals surface area (Å²) in [7, 11) is 0. The van der Waals surface area contributed by atoms with Gasteiger partial charge in [0.25, 0.3) is 5.56 Å². The van der Waals surface area contributed by atoms with Gasteiger partial charge in [0.2, 0.25) is 0 Å². The fourth-order valence-electron chi connectivity index (χ4n) is 4.58. The number of nitrogens with zero attached hydrogens (tertiary/aromatic N) is 1. The first-order chi connectivity index (χ1) is 15.1. The van der Waals surface area contributed by atoms with Crippen molar-refractivity contribution >= 4 is 16.5 Å². The molecule has 4 rings (SSSR count). The van der Waals surface area contributed by atoms with E-state index in [0.29, 0.717) is 5.39 Å². The first-order valence-corrected chi connectivity index (χ1v) is 10.0. The van der Waals surface area contributed by atoms with E-state index in [2.05, 4.69) is 10.3 Å². The Bertz CT molecular complexity index is 1300. The lowest BCUT2D eigenvalue weighted by atomic mass is 9.68. The average molecular weight is 443 g/mol. The normalized spacial score (nSPS) is 22.9. The van der Waals surface area contributed by atoms with Crippen LogP contribution in [0.1, 0.15) is 48.4 Å². The molecule has 32 heavy (non-hydrogen) atoms. The molecule has 0 radical (unpaired) electrons. The number of fused-ring (bicyclic) bond motifs is 2. The maximum absolute atomic E-state index is 14.2. The number of halogens is 3. The molecule has 0 bridgehead atoms. The van der Waals surface area contributed by atoms with Gasteiger partial charge >= 0.3 is 6.18 Å². The molecule has 0 aliphatic heterocycles. The van der Waals surface area contributed by atoms with Crippen LogP contribution >= 0.6 is 0 Å². The van der Waals surface area contributed by atoms with Gasteiger partial charge in [0.05, 0.1) is 11.6 Å². The molecule has 3 aromatic rings. The lowest BCUT2D eigenvalue weighted by molar-refractivity contribution is -0.272. The van der Waals surface area contributed by atoms with E-state index in [4.69, 9.17) is 0 Å². The predicted molar refractivity (Wildman–Crippen MR) is 112 cm³/mol. The van der Waals surface area contributed by atoms with Crippen molar-refractivity contribution in [2.45, 2.75) is 43.5 Å². The van der Waals surface area contributed by atoms with Crippen molar-refractivity contribution in [3.05, 3.63) is 69.6 Å². The Morgan fingerprint density at radius 2 is 2.00 bits per heavy atom. The number of rotatable bonds is 3. The van der Waals surface area contributed by atoms with Crippen molar-refractivity contribution in [2.75, 3.05) is 5.32 Å². The van der Waals surface area contributed by atoms with Gasteiger partial charge < -0.3 is 20.5 Å². The van der Waals surface area contributed by atoms with Crippen LogP contribution in [0.25, 0.3) is 10.8 Å². The fourth-order valence-corrected chi connectivity index (χ4v) is 4.58. The number of aliphatic hydroxyl groups is 1. The number of nitrogens with one attached hydrogen (secondary N) is 2. The maximum atomic E-state index is 14.2. The lowest BCUT2D eigenvalue weighted by Gasteiger charge is -2.46. The van der Waals surface area contributed by atoms with Gasteiger partial charge in [0, 0.05) is 28.2 Å².